The number of aromatic nitrogens is 3. The molecule has 6 nitrogen and oxygen atoms in total. The normalized spacial score (nSPS) is 27.1. The SMILES string of the molecule is Cc1noc(COC2C[C@@H]3CCCN4CCc5c(n2c2ccccc52)[C@@H]34)n1. The summed E-state index contributed by atoms with van der Waals surface area (Å²) in [6.45, 7) is 4.63. The lowest BCUT2D eigenvalue weighted by molar-refractivity contribution is -0.0727. The number of ether oxygens (including phenoxy) is 1. The van der Waals surface area contributed by atoms with Crippen molar-refractivity contribution in [2.45, 2.75) is 51.5 Å². The fraction of sp³-hybridized carbons (Fsp3) is 0.524. The van der Waals surface area contributed by atoms with E-state index in [9.17, 15) is 0 Å². The predicted molar refractivity (Wildman–Crippen MR) is 100 cm³/mol. The third-order valence-corrected chi connectivity index (χ3v) is 6.61. The molecule has 0 amide bonds. The first-order chi connectivity index (χ1) is 13.3. The third-order valence-electron chi connectivity index (χ3n) is 6.61. The molecule has 0 aliphatic carbocycles. The van der Waals surface area contributed by atoms with Crippen LogP contribution in [0.4, 0.5) is 0 Å². The van der Waals surface area contributed by atoms with Gasteiger partial charge in [0.15, 0.2) is 5.82 Å². The van der Waals surface area contributed by atoms with Gasteiger partial charge in [0.25, 0.3) is 5.89 Å². The molecule has 0 spiro atoms. The van der Waals surface area contributed by atoms with Crippen LogP contribution in [0.3, 0.4) is 0 Å². The van der Waals surface area contributed by atoms with E-state index >= 15 is 0 Å². The molecule has 1 unspecified atom stereocenters. The highest BCUT2D eigenvalue weighted by molar-refractivity contribution is 5.86. The van der Waals surface area contributed by atoms with E-state index in [0.29, 0.717) is 30.3 Å². The van der Waals surface area contributed by atoms with Gasteiger partial charge in [0.2, 0.25) is 0 Å². The van der Waals surface area contributed by atoms with Crippen LogP contribution in [0.25, 0.3) is 10.9 Å². The predicted octanol–water partition coefficient (Wildman–Crippen LogP) is 3.76. The first kappa shape index (κ1) is 15.8. The van der Waals surface area contributed by atoms with Crippen LogP contribution in [0, 0.1) is 12.8 Å². The molecular formula is C21H24N4O2. The second kappa shape index (κ2) is 5.91. The molecular weight excluding hydrogens is 340 g/mol. The molecule has 0 bridgehead atoms. The van der Waals surface area contributed by atoms with E-state index in [0.717, 1.165) is 12.8 Å². The number of fused-ring (bicyclic) bond motifs is 3. The maximum Gasteiger partial charge on any atom is 0.252 e. The summed E-state index contributed by atoms with van der Waals surface area (Å²) in [5.74, 6) is 1.89. The minimum absolute atomic E-state index is 0.0326. The van der Waals surface area contributed by atoms with Crippen molar-refractivity contribution in [3.63, 3.8) is 0 Å². The molecule has 0 radical (unpaired) electrons. The van der Waals surface area contributed by atoms with Crippen LogP contribution in [0.1, 0.15) is 54.5 Å². The highest BCUT2D eigenvalue weighted by Gasteiger charge is 2.45. The van der Waals surface area contributed by atoms with Gasteiger partial charge >= 0.3 is 0 Å². The van der Waals surface area contributed by atoms with Crippen LogP contribution in [-0.2, 0) is 17.8 Å². The van der Waals surface area contributed by atoms with E-state index in [1.807, 2.05) is 6.92 Å². The summed E-state index contributed by atoms with van der Waals surface area (Å²) in [4.78, 5) is 7.01. The van der Waals surface area contributed by atoms with Crippen LogP contribution in [0.15, 0.2) is 28.8 Å². The van der Waals surface area contributed by atoms with Gasteiger partial charge in [-0.15, -0.1) is 0 Å². The molecule has 0 saturated carbocycles. The number of hydrogen-bond acceptors (Lipinski definition) is 5. The zero-order valence-corrected chi connectivity index (χ0v) is 15.6. The lowest BCUT2D eigenvalue weighted by atomic mass is 9.78. The monoisotopic (exact) mass is 364 g/mol. The van der Waals surface area contributed by atoms with Gasteiger partial charge in [0, 0.05) is 17.6 Å². The van der Waals surface area contributed by atoms with Crippen molar-refractivity contribution in [2.24, 2.45) is 5.92 Å². The van der Waals surface area contributed by atoms with Gasteiger partial charge in [0.1, 0.15) is 12.8 Å². The summed E-state index contributed by atoms with van der Waals surface area (Å²) in [6, 6.07) is 9.38. The van der Waals surface area contributed by atoms with E-state index in [1.54, 1.807) is 5.56 Å². The molecule has 5 heterocycles. The number of rotatable bonds is 3. The van der Waals surface area contributed by atoms with Crippen molar-refractivity contribution in [1.82, 2.24) is 19.6 Å². The second-order valence-corrected chi connectivity index (χ2v) is 8.12. The summed E-state index contributed by atoms with van der Waals surface area (Å²) >= 11 is 0. The zero-order valence-electron chi connectivity index (χ0n) is 15.6. The highest BCUT2D eigenvalue weighted by atomic mass is 16.5. The number of piperidine rings is 1. The van der Waals surface area contributed by atoms with Crippen LogP contribution in [-0.4, -0.2) is 32.7 Å². The summed E-state index contributed by atoms with van der Waals surface area (Å²) in [5, 5.41) is 5.29. The summed E-state index contributed by atoms with van der Waals surface area (Å²) in [6.07, 6.45) is 4.82. The largest absolute Gasteiger partial charge is 0.348 e. The molecule has 3 aromatic rings. The minimum atomic E-state index is 0.0326. The van der Waals surface area contributed by atoms with Crippen molar-refractivity contribution in [1.29, 1.82) is 0 Å². The fourth-order valence-electron chi connectivity index (χ4n) is 5.62. The van der Waals surface area contributed by atoms with Gasteiger partial charge in [-0.25, -0.2) is 0 Å². The lowest BCUT2D eigenvalue weighted by Crippen LogP contribution is -2.47. The Hall–Kier alpha value is -2.18. The maximum atomic E-state index is 6.39. The van der Waals surface area contributed by atoms with Crippen molar-refractivity contribution >= 4 is 10.9 Å². The average Bonchev–Trinajstić information content (AvgIpc) is 3.27. The van der Waals surface area contributed by atoms with Gasteiger partial charge in [0.05, 0.1) is 11.6 Å². The molecule has 0 N–H and O–H groups in total. The molecule has 3 atom stereocenters. The Labute approximate surface area is 158 Å². The van der Waals surface area contributed by atoms with Crippen molar-refractivity contribution in [3.05, 3.63) is 47.2 Å². The topological polar surface area (TPSA) is 56.3 Å². The lowest BCUT2D eigenvalue weighted by Gasteiger charge is -2.49. The van der Waals surface area contributed by atoms with Crippen LogP contribution >= 0.6 is 0 Å². The van der Waals surface area contributed by atoms with E-state index in [-0.39, 0.29) is 6.23 Å². The molecule has 3 aliphatic heterocycles. The number of aryl methyl sites for hydroxylation is 1. The molecule has 27 heavy (non-hydrogen) atoms. The van der Waals surface area contributed by atoms with Gasteiger partial charge in [-0.3, -0.25) is 4.90 Å². The first-order valence-corrected chi connectivity index (χ1v) is 10.1. The Morgan fingerprint density at radius 2 is 2.19 bits per heavy atom. The molecule has 2 aromatic heterocycles. The quantitative estimate of drug-likeness (QED) is 0.708. The summed E-state index contributed by atoms with van der Waals surface area (Å²) < 4.78 is 14.1. The van der Waals surface area contributed by atoms with Crippen molar-refractivity contribution in [2.75, 3.05) is 13.1 Å². The van der Waals surface area contributed by atoms with E-state index in [1.165, 1.54) is 42.5 Å². The average molecular weight is 364 g/mol. The first-order valence-electron chi connectivity index (χ1n) is 10.1. The third kappa shape index (κ3) is 2.33. The Bertz CT molecular complexity index is 1010. The van der Waals surface area contributed by atoms with Crippen LogP contribution in [0.2, 0.25) is 0 Å². The van der Waals surface area contributed by atoms with Crippen molar-refractivity contribution in [3.8, 4) is 0 Å². The Kier molecular flexibility index (Phi) is 3.47. The number of hydrogen-bond donors (Lipinski definition) is 0. The van der Waals surface area contributed by atoms with Crippen LogP contribution < -0.4 is 0 Å². The molecule has 1 aromatic carbocycles. The Morgan fingerprint density at radius 3 is 3.07 bits per heavy atom. The molecule has 140 valence electrons. The van der Waals surface area contributed by atoms with Gasteiger partial charge in [-0.2, -0.15) is 4.98 Å². The smallest absolute Gasteiger partial charge is 0.252 e. The molecule has 1 fully saturated rings. The van der Waals surface area contributed by atoms with Crippen LogP contribution in [0.5, 0.6) is 0 Å². The van der Waals surface area contributed by atoms with E-state index < -0.39 is 0 Å². The summed E-state index contributed by atoms with van der Waals surface area (Å²) in [5.41, 5.74) is 4.35. The van der Waals surface area contributed by atoms with Gasteiger partial charge < -0.3 is 13.8 Å². The molecule has 3 aliphatic rings. The standard InChI is InChI=1S/C21H24N4O2/c1-13-22-18(27-23-13)12-26-19-11-14-5-4-9-24-10-8-16-15-6-2-3-7-17(15)25(19)21(16)20(14)24/h2-3,6-7,14,19-20H,4-5,8-12H2,1H3/t14-,19?,20+/m0/s1. The van der Waals surface area contributed by atoms with Gasteiger partial charge in [-0.05, 0) is 56.7 Å². The zero-order chi connectivity index (χ0) is 18.0. The van der Waals surface area contributed by atoms with E-state index in [2.05, 4.69) is 43.9 Å². The number of nitrogens with zero attached hydrogens (tertiary/aromatic N) is 4. The van der Waals surface area contributed by atoms with Gasteiger partial charge in [-0.1, -0.05) is 23.4 Å². The second-order valence-electron chi connectivity index (χ2n) is 8.12. The minimum Gasteiger partial charge on any atom is -0.348 e. The highest BCUT2D eigenvalue weighted by Crippen LogP contribution is 2.51. The number of benzene rings is 1. The van der Waals surface area contributed by atoms with Crippen molar-refractivity contribution < 1.29 is 9.26 Å². The fourth-order valence-corrected chi connectivity index (χ4v) is 5.62. The molecule has 6 heteroatoms. The Morgan fingerprint density at radius 1 is 1.26 bits per heavy atom. The Balaban J connectivity index is 1.46. The molecule has 1 saturated heterocycles. The maximum absolute atomic E-state index is 6.39. The van der Waals surface area contributed by atoms with E-state index in [4.69, 9.17) is 9.26 Å². The summed E-state index contributed by atoms with van der Waals surface area (Å²) in [7, 11) is 0. The number of para-hydroxylation sites is 1. The molecule has 6 rings (SSSR count).